The van der Waals surface area contributed by atoms with Gasteiger partial charge in [-0.05, 0) is 81.9 Å². The van der Waals surface area contributed by atoms with Crippen LogP contribution in [0.4, 0.5) is 0 Å². The largest absolute Gasteiger partial charge is 0.248 e. The van der Waals surface area contributed by atoms with Gasteiger partial charge in [-0.15, -0.1) is 11.1 Å². The van der Waals surface area contributed by atoms with Gasteiger partial charge in [0.15, 0.2) is 0 Å². The summed E-state index contributed by atoms with van der Waals surface area (Å²) in [6.07, 6.45) is 0. The average molecular weight is 691 g/mol. The van der Waals surface area contributed by atoms with Crippen LogP contribution in [0.5, 0.6) is 0 Å². The summed E-state index contributed by atoms with van der Waals surface area (Å²) in [6.45, 7) is 20.3. The van der Waals surface area contributed by atoms with Gasteiger partial charge in [-0.2, -0.15) is 0 Å². The SMILES string of the molecule is CC(C)(C)c1ccc(-c2cccc([Si](Cl)(c3cccc(-c4ccc(C(C)(C)C)cc4)c3)c3cccc(-c4ccc(C(C)(C)C)cc4)c3)c2)cc1. The fourth-order valence-corrected chi connectivity index (χ4v) is 10.8. The molecule has 0 bridgehead atoms. The van der Waals surface area contributed by atoms with E-state index in [9.17, 15) is 0 Å². The van der Waals surface area contributed by atoms with Crippen LogP contribution in [-0.2, 0) is 16.2 Å². The fraction of sp³-hybridized carbons (Fsp3) is 0.250. The Bertz CT molecular complexity index is 1840. The molecule has 0 saturated heterocycles. The van der Waals surface area contributed by atoms with Crippen molar-refractivity contribution in [2.24, 2.45) is 0 Å². The highest BCUT2D eigenvalue weighted by atomic mass is 35.6. The summed E-state index contributed by atoms with van der Waals surface area (Å²) in [4.78, 5) is 0. The Morgan fingerprint density at radius 3 is 0.780 bits per heavy atom. The molecule has 254 valence electrons. The molecule has 0 aliphatic rings. The molecule has 0 heterocycles. The molecule has 0 aliphatic carbocycles. The van der Waals surface area contributed by atoms with E-state index in [0.717, 1.165) is 0 Å². The van der Waals surface area contributed by atoms with Gasteiger partial charge in [-0.3, -0.25) is 0 Å². The van der Waals surface area contributed by atoms with Crippen molar-refractivity contribution in [1.82, 2.24) is 0 Å². The molecule has 6 rings (SSSR count). The lowest BCUT2D eigenvalue weighted by atomic mass is 9.86. The van der Waals surface area contributed by atoms with E-state index >= 15 is 0 Å². The van der Waals surface area contributed by atoms with Crippen molar-refractivity contribution in [3.63, 3.8) is 0 Å². The van der Waals surface area contributed by atoms with Crippen molar-refractivity contribution >= 4 is 34.0 Å². The minimum absolute atomic E-state index is 0.106. The lowest BCUT2D eigenvalue weighted by molar-refractivity contribution is 0.590. The van der Waals surface area contributed by atoms with E-state index in [1.165, 1.54) is 65.6 Å². The number of halogens is 1. The molecule has 6 aromatic carbocycles. The first-order valence-corrected chi connectivity index (χ1v) is 20.9. The zero-order chi connectivity index (χ0) is 35.9. The van der Waals surface area contributed by atoms with Gasteiger partial charge in [0, 0.05) is 0 Å². The van der Waals surface area contributed by atoms with Crippen molar-refractivity contribution in [2.75, 3.05) is 0 Å². The topological polar surface area (TPSA) is 0 Å². The van der Waals surface area contributed by atoms with Crippen LogP contribution in [0.3, 0.4) is 0 Å². The van der Waals surface area contributed by atoms with Crippen molar-refractivity contribution in [2.45, 2.75) is 78.6 Å². The van der Waals surface area contributed by atoms with Gasteiger partial charge in [-0.1, -0.05) is 208 Å². The quantitative estimate of drug-likeness (QED) is 0.0927. The average Bonchev–Trinajstić information content (AvgIpc) is 3.10. The lowest BCUT2D eigenvalue weighted by Crippen LogP contribution is -2.63. The first-order chi connectivity index (χ1) is 23.5. The molecule has 50 heavy (non-hydrogen) atoms. The Kier molecular flexibility index (Phi) is 9.63. The third-order valence-corrected chi connectivity index (χ3v) is 15.3. The molecular weight excluding hydrogens is 640 g/mol. The Morgan fingerprint density at radius 1 is 0.320 bits per heavy atom. The third kappa shape index (κ3) is 7.46. The van der Waals surface area contributed by atoms with Gasteiger partial charge >= 0.3 is 0 Å². The van der Waals surface area contributed by atoms with Gasteiger partial charge in [0.1, 0.15) is 0 Å². The normalized spacial score (nSPS) is 12.6. The van der Waals surface area contributed by atoms with E-state index in [-0.39, 0.29) is 16.2 Å². The number of hydrogen-bond acceptors (Lipinski definition) is 0. The van der Waals surface area contributed by atoms with Gasteiger partial charge in [-0.25, -0.2) is 0 Å². The predicted octanol–water partition coefficient (Wildman–Crippen LogP) is 11.8. The minimum Gasteiger partial charge on any atom is -0.149 e. The summed E-state index contributed by atoms with van der Waals surface area (Å²) in [5, 5.41) is 3.53. The minimum atomic E-state index is -3.02. The van der Waals surface area contributed by atoms with Crippen LogP contribution < -0.4 is 15.6 Å². The fourth-order valence-electron chi connectivity index (χ4n) is 6.73. The van der Waals surface area contributed by atoms with E-state index in [2.05, 4.69) is 208 Å². The number of rotatable bonds is 6. The van der Waals surface area contributed by atoms with E-state index in [1.807, 2.05) is 0 Å². The summed E-state index contributed by atoms with van der Waals surface area (Å²) in [5.41, 5.74) is 11.5. The van der Waals surface area contributed by atoms with Crippen molar-refractivity contribution in [3.05, 3.63) is 162 Å². The second kappa shape index (κ2) is 13.5. The molecule has 0 spiro atoms. The molecule has 0 unspecified atom stereocenters. The highest BCUT2D eigenvalue weighted by Crippen LogP contribution is 2.30. The van der Waals surface area contributed by atoms with E-state index in [4.69, 9.17) is 11.1 Å². The highest BCUT2D eigenvalue weighted by molar-refractivity contribution is 7.40. The standard InChI is InChI=1S/C48H51ClSi/c1-46(2,3)40-25-19-34(20-26-40)37-13-10-16-43(31-37)50(49,44-17-11-14-38(32-44)35-21-27-41(28-22-35)47(4,5)6)45-18-12-15-39(33-45)36-23-29-42(30-24-36)48(7,8)9/h10-33H,1-9H3. The Labute approximate surface area is 306 Å². The maximum Gasteiger partial charge on any atom is 0.248 e. The molecule has 6 aromatic rings. The molecular formula is C48H51ClSi. The Balaban J connectivity index is 1.49. The molecule has 0 N–H and O–H groups in total. The molecule has 0 nitrogen and oxygen atoms in total. The zero-order valence-corrected chi connectivity index (χ0v) is 33.0. The summed E-state index contributed by atoms with van der Waals surface area (Å²) >= 11 is 8.29. The first-order valence-electron chi connectivity index (χ1n) is 17.9. The summed E-state index contributed by atoms with van der Waals surface area (Å²) in [7, 11) is -3.02. The molecule has 0 fully saturated rings. The molecule has 0 saturated carbocycles. The third-order valence-electron chi connectivity index (χ3n) is 10.0. The molecule has 0 radical (unpaired) electrons. The van der Waals surface area contributed by atoms with Crippen LogP contribution in [0.2, 0.25) is 0 Å². The highest BCUT2D eigenvalue weighted by Gasteiger charge is 2.39. The molecule has 0 aromatic heterocycles. The lowest BCUT2D eigenvalue weighted by Gasteiger charge is -2.28. The van der Waals surface area contributed by atoms with Crippen molar-refractivity contribution < 1.29 is 0 Å². The van der Waals surface area contributed by atoms with E-state index in [1.54, 1.807) is 0 Å². The smallest absolute Gasteiger partial charge is 0.149 e. The summed E-state index contributed by atoms with van der Waals surface area (Å²) < 4.78 is 0. The first kappa shape index (κ1) is 35.6. The second-order valence-electron chi connectivity index (χ2n) is 16.9. The van der Waals surface area contributed by atoms with Gasteiger partial charge in [0.2, 0.25) is 7.38 Å². The predicted molar refractivity (Wildman–Crippen MR) is 222 cm³/mol. The van der Waals surface area contributed by atoms with Crippen LogP contribution >= 0.6 is 11.1 Å². The number of benzene rings is 6. The maximum atomic E-state index is 8.29. The molecule has 0 amide bonds. The summed E-state index contributed by atoms with van der Waals surface area (Å²) in [5.74, 6) is 0. The van der Waals surface area contributed by atoms with E-state index in [0.29, 0.717) is 0 Å². The van der Waals surface area contributed by atoms with Gasteiger partial charge in [0.05, 0.1) is 0 Å². The monoisotopic (exact) mass is 690 g/mol. The van der Waals surface area contributed by atoms with Gasteiger partial charge in [0.25, 0.3) is 0 Å². The second-order valence-corrected chi connectivity index (χ2v) is 21.6. The maximum absolute atomic E-state index is 8.29. The Hall–Kier alpha value is -4.17. The summed E-state index contributed by atoms with van der Waals surface area (Å²) in [6, 6.07) is 53.9. The zero-order valence-electron chi connectivity index (χ0n) is 31.2. The van der Waals surface area contributed by atoms with Crippen LogP contribution in [-0.4, -0.2) is 7.38 Å². The van der Waals surface area contributed by atoms with Gasteiger partial charge < -0.3 is 0 Å². The number of hydrogen-bond donors (Lipinski definition) is 0. The Morgan fingerprint density at radius 2 is 0.560 bits per heavy atom. The molecule has 0 atom stereocenters. The van der Waals surface area contributed by atoms with Crippen LogP contribution in [0, 0.1) is 0 Å². The van der Waals surface area contributed by atoms with Crippen LogP contribution in [0.15, 0.2) is 146 Å². The van der Waals surface area contributed by atoms with Crippen LogP contribution in [0.25, 0.3) is 33.4 Å². The van der Waals surface area contributed by atoms with Crippen molar-refractivity contribution in [3.8, 4) is 33.4 Å². The van der Waals surface area contributed by atoms with E-state index < -0.39 is 7.38 Å². The molecule has 0 aliphatic heterocycles. The van der Waals surface area contributed by atoms with Crippen molar-refractivity contribution in [1.29, 1.82) is 0 Å². The molecule has 2 heteroatoms. The van der Waals surface area contributed by atoms with Crippen LogP contribution in [0.1, 0.15) is 79.0 Å².